The summed E-state index contributed by atoms with van der Waals surface area (Å²) in [6.07, 6.45) is 3.69. The molecule has 0 aliphatic rings. The van der Waals surface area contributed by atoms with Crippen molar-refractivity contribution in [1.29, 1.82) is 0 Å². The normalized spacial score (nSPS) is 10.8. The molecule has 124 valence electrons. The molecule has 5 heteroatoms. The van der Waals surface area contributed by atoms with E-state index in [4.69, 9.17) is 4.42 Å². The van der Waals surface area contributed by atoms with Crippen molar-refractivity contribution in [2.75, 3.05) is 5.32 Å². The molecule has 1 amide bonds. The predicted molar refractivity (Wildman–Crippen MR) is 96.9 cm³/mol. The van der Waals surface area contributed by atoms with Crippen molar-refractivity contribution in [3.63, 3.8) is 0 Å². The number of anilines is 1. The Morgan fingerprint density at radius 1 is 1.21 bits per heavy atom. The number of rotatable bonds is 5. The van der Waals surface area contributed by atoms with Gasteiger partial charge < -0.3 is 4.42 Å². The van der Waals surface area contributed by atoms with E-state index in [1.807, 2.05) is 13.1 Å². The highest BCUT2D eigenvalue weighted by atomic mass is 32.1. The van der Waals surface area contributed by atoms with Crippen LogP contribution in [-0.4, -0.2) is 10.9 Å². The third-order valence-corrected chi connectivity index (χ3v) is 4.78. The molecule has 3 rings (SSSR count). The maximum Gasteiger partial charge on any atom is 0.260 e. The second-order valence-corrected chi connectivity index (χ2v) is 6.87. The molecule has 0 fully saturated rings. The molecule has 3 aromatic rings. The maximum absolute atomic E-state index is 12.3. The van der Waals surface area contributed by atoms with Gasteiger partial charge >= 0.3 is 0 Å². The van der Waals surface area contributed by atoms with Gasteiger partial charge in [0, 0.05) is 17.5 Å². The first-order chi connectivity index (χ1) is 11.5. The van der Waals surface area contributed by atoms with E-state index in [2.05, 4.69) is 41.5 Å². The summed E-state index contributed by atoms with van der Waals surface area (Å²) in [5.41, 5.74) is 3.14. The summed E-state index contributed by atoms with van der Waals surface area (Å²) in [6, 6.07) is 10.4. The van der Waals surface area contributed by atoms with Crippen LogP contribution < -0.4 is 5.32 Å². The number of nitrogens with one attached hydrogen (secondary N) is 1. The van der Waals surface area contributed by atoms with E-state index >= 15 is 0 Å². The average molecular weight is 340 g/mol. The van der Waals surface area contributed by atoms with Gasteiger partial charge in [0.1, 0.15) is 11.5 Å². The Bertz CT molecular complexity index is 847. The number of amides is 1. The summed E-state index contributed by atoms with van der Waals surface area (Å²) in [6.45, 7) is 5.76. The van der Waals surface area contributed by atoms with Crippen LogP contribution in [0.5, 0.6) is 0 Å². The lowest BCUT2D eigenvalue weighted by Gasteiger charge is -2.01. The molecule has 4 nitrogen and oxygen atoms in total. The zero-order chi connectivity index (χ0) is 17.1. The van der Waals surface area contributed by atoms with Crippen molar-refractivity contribution >= 4 is 22.4 Å². The van der Waals surface area contributed by atoms with Crippen molar-refractivity contribution in [3.05, 3.63) is 69.6 Å². The van der Waals surface area contributed by atoms with E-state index in [-0.39, 0.29) is 5.91 Å². The van der Waals surface area contributed by atoms with Gasteiger partial charge in [0.05, 0.1) is 5.56 Å². The van der Waals surface area contributed by atoms with Crippen LogP contribution >= 0.6 is 11.3 Å². The number of thiazole rings is 1. The molecule has 2 aromatic heterocycles. The Kier molecular flexibility index (Phi) is 4.81. The number of hydrogen-bond donors (Lipinski definition) is 1. The molecule has 0 radical (unpaired) electrons. The molecule has 0 atom stereocenters. The molecule has 24 heavy (non-hydrogen) atoms. The van der Waals surface area contributed by atoms with Crippen LogP contribution in [0.15, 0.2) is 40.9 Å². The van der Waals surface area contributed by atoms with Crippen LogP contribution in [0.2, 0.25) is 0 Å². The monoisotopic (exact) mass is 340 g/mol. The highest BCUT2D eigenvalue weighted by Crippen LogP contribution is 2.23. The lowest BCUT2D eigenvalue weighted by Crippen LogP contribution is -2.11. The molecule has 0 spiro atoms. The van der Waals surface area contributed by atoms with Gasteiger partial charge in [-0.05, 0) is 37.5 Å². The number of carbonyl (C=O) groups excluding carboxylic acids is 1. The Hall–Kier alpha value is -2.40. The van der Waals surface area contributed by atoms with Gasteiger partial charge in [0.25, 0.3) is 5.91 Å². The van der Waals surface area contributed by atoms with Gasteiger partial charge in [-0.15, -0.1) is 11.3 Å². The smallest absolute Gasteiger partial charge is 0.260 e. The summed E-state index contributed by atoms with van der Waals surface area (Å²) in [7, 11) is 0. The fourth-order valence-corrected chi connectivity index (χ4v) is 3.40. The third-order valence-electron chi connectivity index (χ3n) is 3.87. The van der Waals surface area contributed by atoms with E-state index in [1.54, 1.807) is 13.0 Å². The van der Waals surface area contributed by atoms with Gasteiger partial charge in [0.2, 0.25) is 0 Å². The second kappa shape index (κ2) is 7.01. The molecular formula is C19H20N2O2S. The minimum Gasteiger partial charge on any atom is -0.466 e. The number of furan rings is 1. The number of aryl methyl sites for hydroxylation is 3. The van der Waals surface area contributed by atoms with E-state index in [0.717, 1.165) is 23.5 Å². The first-order valence-electron chi connectivity index (χ1n) is 7.96. The van der Waals surface area contributed by atoms with Gasteiger partial charge in [-0.25, -0.2) is 4.98 Å². The molecule has 1 aromatic carbocycles. The van der Waals surface area contributed by atoms with Crippen LogP contribution in [0, 0.1) is 13.8 Å². The van der Waals surface area contributed by atoms with Crippen molar-refractivity contribution in [3.8, 4) is 0 Å². The number of nitrogens with zero attached hydrogens (tertiary/aromatic N) is 1. The Morgan fingerprint density at radius 3 is 2.54 bits per heavy atom. The summed E-state index contributed by atoms with van der Waals surface area (Å²) in [5.74, 6) is 1.17. The zero-order valence-electron chi connectivity index (χ0n) is 14.1. The van der Waals surface area contributed by atoms with E-state index in [0.29, 0.717) is 16.5 Å². The minimum absolute atomic E-state index is 0.183. The molecule has 2 heterocycles. The molecule has 0 aliphatic heterocycles. The van der Waals surface area contributed by atoms with Crippen LogP contribution in [0.1, 0.15) is 44.8 Å². The van der Waals surface area contributed by atoms with Crippen molar-refractivity contribution in [2.24, 2.45) is 0 Å². The number of benzene rings is 1. The average Bonchev–Trinajstić information content (AvgIpc) is 3.14. The SMILES string of the molecule is CCc1ccc(Cc2cnc(NC(=O)c3cc(C)oc3C)s2)cc1. The largest absolute Gasteiger partial charge is 0.466 e. The van der Waals surface area contributed by atoms with Crippen molar-refractivity contribution in [1.82, 2.24) is 4.98 Å². The molecule has 0 saturated carbocycles. The van der Waals surface area contributed by atoms with Gasteiger partial charge in [-0.2, -0.15) is 0 Å². The van der Waals surface area contributed by atoms with Gasteiger partial charge in [0.15, 0.2) is 5.13 Å². The number of aromatic nitrogens is 1. The molecule has 1 N–H and O–H groups in total. The van der Waals surface area contributed by atoms with Crippen LogP contribution in [-0.2, 0) is 12.8 Å². The van der Waals surface area contributed by atoms with Crippen molar-refractivity contribution < 1.29 is 9.21 Å². The van der Waals surface area contributed by atoms with E-state index < -0.39 is 0 Å². The first kappa shape index (κ1) is 16.5. The third kappa shape index (κ3) is 3.74. The highest BCUT2D eigenvalue weighted by Gasteiger charge is 2.15. The number of hydrogen-bond acceptors (Lipinski definition) is 4. The Morgan fingerprint density at radius 2 is 1.92 bits per heavy atom. The van der Waals surface area contributed by atoms with Crippen molar-refractivity contribution in [2.45, 2.75) is 33.6 Å². The topological polar surface area (TPSA) is 55.1 Å². The summed E-state index contributed by atoms with van der Waals surface area (Å²) in [5, 5.41) is 3.45. The van der Waals surface area contributed by atoms with Gasteiger partial charge in [-0.1, -0.05) is 31.2 Å². The van der Waals surface area contributed by atoms with Crippen LogP contribution in [0.3, 0.4) is 0 Å². The van der Waals surface area contributed by atoms with Crippen LogP contribution in [0.25, 0.3) is 0 Å². The standard InChI is InChI=1S/C19H20N2O2S/c1-4-14-5-7-15(8-6-14)10-16-11-20-19(24-16)21-18(22)17-9-12(2)23-13(17)3/h5-9,11H,4,10H2,1-3H3,(H,20,21,22). The fourth-order valence-electron chi connectivity index (χ4n) is 2.56. The van der Waals surface area contributed by atoms with Gasteiger partial charge in [-0.3, -0.25) is 10.1 Å². The molecule has 0 unspecified atom stereocenters. The molecule has 0 aliphatic carbocycles. The summed E-state index contributed by atoms with van der Waals surface area (Å²) < 4.78 is 5.40. The summed E-state index contributed by atoms with van der Waals surface area (Å²) in [4.78, 5) is 17.7. The maximum atomic E-state index is 12.3. The second-order valence-electron chi connectivity index (χ2n) is 5.76. The lowest BCUT2D eigenvalue weighted by molar-refractivity contribution is 0.102. The molecule has 0 bridgehead atoms. The minimum atomic E-state index is -0.183. The number of carbonyl (C=O) groups is 1. The quantitative estimate of drug-likeness (QED) is 0.728. The van der Waals surface area contributed by atoms with Crippen LogP contribution in [0.4, 0.5) is 5.13 Å². The molecular weight excluding hydrogens is 320 g/mol. The fraction of sp³-hybridized carbons (Fsp3) is 0.263. The highest BCUT2D eigenvalue weighted by molar-refractivity contribution is 7.15. The predicted octanol–water partition coefficient (Wildman–Crippen LogP) is 4.76. The Labute approximate surface area is 145 Å². The lowest BCUT2D eigenvalue weighted by atomic mass is 10.1. The summed E-state index contributed by atoms with van der Waals surface area (Å²) >= 11 is 1.50. The first-order valence-corrected chi connectivity index (χ1v) is 8.77. The zero-order valence-corrected chi connectivity index (χ0v) is 14.9. The Balaban J connectivity index is 1.66. The van der Waals surface area contributed by atoms with E-state index in [9.17, 15) is 4.79 Å². The van der Waals surface area contributed by atoms with E-state index in [1.165, 1.54) is 22.5 Å². The molecule has 0 saturated heterocycles.